The van der Waals surface area contributed by atoms with Crippen LogP contribution in [0.5, 0.6) is 0 Å². The molecule has 2 aromatic carbocycles. The third-order valence-corrected chi connectivity index (χ3v) is 4.26. The molecular formula is C18H23N3O3. The topological polar surface area (TPSA) is 118 Å². The van der Waals surface area contributed by atoms with Crippen LogP contribution in [0.3, 0.4) is 0 Å². The van der Waals surface area contributed by atoms with Crippen molar-refractivity contribution in [3.05, 3.63) is 40.5 Å². The van der Waals surface area contributed by atoms with E-state index in [2.05, 4.69) is 12.3 Å². The number of carbonyl (C=O) groups excluding carboxylic acids is 1. The Morgan fingerprint density at radius 1 is 1.12 bits per heavy atom. The molecule has 0 aliphatic rings. The second-order valence-electron chi connectivity index (χ2n) is 5.75. The number of nitrogens with one attached hydrogen (secondary N) is 1. The molecule has 1 amide bonds. The van der Waals surface area contributed by atoms with E-state index in [1.165, 1.54) is 0 Å². The van der Waals surface area contributed by atoms with Gasteiger partial charge in [0, 0.05) is 5.69 Å². The first-order valence-electron chi connectivity index (χ1n) is 8.07. The van der Waals surface area contributed by atoms with Gasteiger partial charge in [-0.1, -0.05) is 26.3 Å². The summed E-state index contributed by atoms with van der Waals surface area (Å²) in [6.07, 6.45) is 3.21. The van der Waals surface area contributed by atoms with E-state index >= 15 is 0 Å². The summed E-state index contributed by atoms with van der Waals surface area (Å²) < 4.78 is 0. The number of unbranched alkanes of at least 4 members (excludes halogenated alkanes) is 1. The number of aryl methyl sites for hydroxylation is 1. The fourth-order valence-corrected chi connectivity index (χ4v) is 3.20. The minimum Gasteiger partial charge on any atom is -0.478 e. The molecule has 0 fully saturated rings. The van der Waals surface area contributed by atoms with Gasteiger partial charge in [-0.3, -0.25) is 10.2 Å². The van der Waals surface area contributed by atoms with Gasteiger partial charge in [0.05, 0.1) is 11.1 Å². The predicted molar refractivity (Wildman–Crippen MR) is 95.0 cm³/mol. The van der Waals surface area contributed by atoms with Crippen molar-refractivity contribution in [3.63, 3.8) is 0 Å². The molecule has 0 saturated carbocycles. The van der Waals surface area contributed by atoms with E-state index < -0.39 is 11.9 Å². The second-order valence-corrected chi connectivity index (χ2v) is 5.75. The molecule has 0 unspecified atom stereocenters. The standard InChI is InChI=1S/C18H23N3O3/c1-3-5-6-12-11(4-2)16(18(23)24)15(17(22)21-20)14-9-10(19)7-8-13(12)14/h7-9H,3-6,19-20H2,1-2H3,(H,21,22)(H,23,24). The van der Waals surface area contributed by atoms with Crippen LogP contribution >= 0.6 is 0 Å². The molecule has 0 aliphatic carbocycles. The Labute approximate surface area is 140 Å². The van der Waals surface area contributed by atoms with Crippen molar-refractivity contribution < 1.29 is 14.7 Å². The molecule has 6 N–H and O–H groups in total. The number of carbonyl (C=O) groups is 2. The second kappa shape index (κ2) is 7.31. The lowest BCUT2D eigenvalue weighted by molar-refractivity contribution is 0.0690. The Balaban J connectivity index is 3.00. The number of hydrogen-bond acceptors (Lipinski definition) is 4. The first-order chi connectivity index (χ1) is 11.5. The molecule has 128 valence electrons. The molecule has 2 aromatic rings. The third-order valence-electron chi connectivity index (χ3n) is 4.26. The van der Waals surface area contributed by atoms with Gasteiger partial charge in [-0.25, -0.2) is 10.6 Å². The minimum absolute atomic E-state index is 0.0182. The summed E-state index contributed by atoms with van der Waals surface area (Å²) in [6.45, 7) is 3.98. The van der Waals surface area contributed by atoms with Gasteiger partial charge in [-0.2, -0.15) is 0 Å². The Bertz CT molecular complexity index is 800. The van der Waals surface area contributed by atoms with Crippen LogP contribution in [0.1, 0.15) is 58.5 Å². The Hall–Kier alpha value is -2.60. The number of aromatic carboxylic acids is 1. The summed E-state index contributed by atoms with van der Waals surface area (Å²) in [6, 6.07) is 5.26. The van der Waals surface area contributed by atoms with E-state index in [1.54, 1.807) is 12.1 Å². The minimum atomic E-state index is -1.13. The molecule has 0 atom stereocenters. The van der Waals surface area contributed by atoms with E-state index in [9.17, 15) is 14.7 Å². The summed E-state index contributed by atoms with van der Waals surface area (Å²) >= 11 is 0. The molecule has 2 rings (SSSR count). The van der Waals surface area contributed by atoms with Gasteiger partial charge in [0.15, 0.2) is 0 Å². The van der Waals surface area contributed by atoms with Crippen LogP contribution in [0.4, 0.5) is 5.69 Å². The van der Waals surface area contributed by atoms with Crippen LogP contribution in [0, 0.1) is 0 Å². The average molecular weight is 329 g/mol. The number of amides is 1. The van der Waals surface area contributed by atoms with Crippen LogP contribution in [0.25, 0.3) is 10.8 Å². The zero-order chi connectivity index (χ0) is 17.9. The zero-order valence-corrected chi connectivity index (χ0v) is 14.0. The molecule has 24 heavy (non-hydrogen) atoms. The molecule has 0 radical (unpaired) electrons. The largest absolute Gasteiger partial charge is 0.478 e. The Kier molecular flexibility index (Phi) is 5.41. The Morgan fingerprint density at radius 3 is 2.38 bits per heavy atom. The van der Waals surface area contributed by atoms with Crippen molar-refractivity contribution >= 4 is 28.3 Å². The van der Waals surface area contributed by atoms with E-state index in [-0.39, 0.29) is 11.1 Å². The highest BCUT2D eigenvalue weighted by atomic mass is 16.4. The maximum atomic E-state index is 12.3. The number of nitrogens with two attached hydrogens (primary N) is 2. The number of fused-ring (bicyclic) bond motifs is 1. The number of hydrogen-bond donors (Lipinski definition) is 4. The van der Waals surface area contributed by atoms with E-state index in [0.717, 1.165) is 30.2 Å². The van der Waals surface area contributed by atoms with Crippen molar-refractivity contribution in [2.45, 2.75) is 39.5 Å². The number of rotatable bonds is 6. The molecule has 0 aliphatic heterocycles. The van der Waals surface area contributed by atoms with Gasteiger partial charge < -0.3 is 10.8 Å². The van der Waals surface area contributed by atoms with Gasteiger partial charge in [0.1, 0.15) is 0 Å². The van der Waals surface area contributed by atoms with Crippen molar-refractivity contribution in [2.75, 3.05) is 5.73 Å². The number of hydrazine groups is 1. The lowest BCUT2D eigenvalue weighted by Gasteiger charge is -2.19. The van der Waals surface area contributed by atoms with Gasteiger partial charge in [-0.05, 0) is 53.3 Å². The van der Waals surface area contributed by atoms with Crippen LogP contribution < -0.4 is 17.0 Å². The summed E-state index contributed by atoms with van der Waals surface area (Å²) in [5.41, 5.74) is 10.1. The number of anilines is 1. The maximum absolute atomic E-state index is 12.3. The molecular weight excluding hydrogens is 306 g/mol. The maximum Gasteiger partial charge on any atom is 0.336 e. The normalized spacial score (nSPS) is 10.8. The fraction of sp³-hybridized carbons (Fsp3) is 0.333. The highest BCUT2D eigenvalue weighted by Gasteiger charge is 2.26. The molecule has 6 nitrogen and oxygen atoms in total. The van der Waals surface area contributed by atoms with Crippen molar-refractivity contribution in [1.82, 2.24) is 5.43 Å². The highest BCUT2D eigenvalue weighted by Crippen LogP contribution is 2.33. The molecule has 0 spiro atoms. The SMILES string of the molecule is CCCCc1c(CC)c(C(=O)O)c(C(=O)NN)c2cc(N)ccc12. The van der Waals surface area contributed by atoms with Crippen molar-refractivity contribution in [3.8, 4) is 0 Å². The summed E-state index contributed by atoms with van der Waals surface area (Å²) in [7, 11) is 0. The molecule has 0 aromatic heterocycles. The first kappa shape index (κ1) is 17.7. The lowest BCUT2D eigenvalue weighted by atomic mass is 9.85. The summed E-state index contributed by atoms with van der Waals surface area (Å²) in [5, 5.41) is 11.1. The molecule has 0 heterocycles. The van der Waals surface area contributed by atoms with Crippen LogP contribution in [0.2, 0.25) is 0 Å². The fourth-order valence-electron chi connectivity index (χ4n) is 3.20. The summed E-state index contributed by atoms with van der Waals surface area (Å²) in [4.78, 5) is 24.2. The number of carboxylic acids is 1. The quantitative estimate of drug-likeness (QED) is 0.281. The number of benzene rings is 2. The highest BCUT2D eigenvalue weighted by molar-refractivity contribution is 6.16. The van der Waals surface area contributed by atoms with Gasteiger partial charge >= 0.3 is 5.97 Å². The van der Waals surface area contributed by atoms with E-state index in [1.807, 2.05) is 13.0 Å². The van der Waals surface area contributed by atoms with Crippen LogP contribution in [0.15, 0.2) is 18.2 Å². The Morgan fingerprint density at radius 2 is 1.83 bits per heavy atom. The number of nitrogen functional groups attached to an aromatic ring is 2. The monoisotopic (exact) mass is 329 g/mol. The number of carboxylic acid groups (broad SMARTS) is 1. The van der Waals surface area contributed by atoms with Gasteiger partial charge in [0.25, 0.3) is 5.91 Å². The van der Waals surface area contributed by atoms with Crippen molar-refractivity contribution in [2.24, 2.45) is 5.84 Å². The van der Waals surface area contributed by atoms with Crippen LogP contribution in [-0.2, 0) is 12.8 Å². The first-order valence-corrected chi connectivity index (χ1v) is 8.07. The lowest BCUT2D eigenvalue weighted by Crippen LogP contribution is -2.32. The van der Waals surface area contributed by atoms with Gasteiger partial charge in [0.2, 0.25) is 0 Å². The average Bonchev–Trinajstić information content (AvgIpc) is 2.57. The third kappa shape index (κ3) is 3.05. The molecule has 0 bridgehead atoms. The zero-order valence-electron chi connectivity index (χ0n) is 14.0. The van der Waals surface area contributed by atoms with Crippen LogP contribution in [-0.4, -0.2) is 17.0 Å². The smallest absolute Gasteiger partial charge is 0.336 e. The van der Waals surface area contributed by atoms with E-state index in [0.29, 0.717) is 23.1 Å². The predicted octanol–water partition coefficient (Wildman–Crippen LogP) is 2.63. The van der Waals surface area contributed by atoms with Crippen molar-refractivity contribution in [1.29, 1.82) is 0 Å². The van der Waals surface area contributed by atoms with E-state index in [4.69, 9.17) is 11.6 Å². The molecule has 6 heteroatoms. The van der Waals surface area contributed by atoms with Gasteiger partial charge in [-0.15, -0.1) is 0 Å². The molecule has 0 saturated heterocycles. The summed E-state index contributed by atoms with van der Waals surface area (Å²) in [5.74, 6) is 3.53.